The minimum absolute atomic E-state index is 0.744. The smallest absolute Gasteiger partial charge is 0.0646 e. The molecule has 0 fully saturated rings. The van der Waals surface area contributed by atoms with Gasteiger partial charge < -0.3 is 4.74 Å². The van der Waals surface area contributed by atoms with Crippen LogP contribution in [0.3, 0.4) is 0 Å². The van der Waals surface area contributed by atoms with Gasteiger partial charge in [-0.3, -0.25) is 0 Å². The van der Waals surface area contributed by atoms with Crippen LogP contribution in [0.15, 0.2) is 11.6 Å². The highest BCUT2D eigenvalue weighted by atomic mass is 79.9. The Labute approximate surface area is 71.6 Å². The molecule has 0 heterocycles. The molecule has 0 saturated carbocycles. The zero-order valence-corrected chi connectivity index (χ0v) is 8.28. The molecule has 0 radical (unpaired) electrons. The van der Waals surface area contributed by atoms with Crippen LogP contribution in [-0.2, 0) is 4.74 Å². The lowest BCUT2D eigenvalue weighted by molar-refractivity contribution is 0.233. The van der Waals surface area contributed by atoms with E-state index in [0.717, 1.165) is 11.9 Å². The standard InChI is InChI=1S/C8H15BrO/c1-8(4-3-6-9)5-7-10-2/h5H,3-4,6-7H2,1-2H3/b8-5+. The minimum Gasteiger partial charge on any atom is -0.381 e. The van der Waals surface area contributed by atoms with Crippen molar-refractivity contribution in [3.8, 4) is 0 Å². The molecule has 0 aromatic carbocycles. The van der Waals surface area contributed by atoms with Gasteiger partial charge in [0.15, 0.2) is 0 Å². The third-order valence-electron chi connectivity index (χ3n) is 1.30. The molecule has 0 rings (SSSR count). The summed E-state index contributed by atoms with van der Waals surface area (Å²) in [4.78, 5) is 0. The molecule has 0 unspecified atom stereocenters. The molecule has 0 aliphatic carbocycles. The Hall–Kier alpha value is 0.180. The molecule has 60 valence electrons. The fraction of sp³-hybridized carbons (Fsp3) is 0.750. The maximum atomic E-state index is 4.90. The van der Waals surface area contributed by atoms with Crippen LogP contribution in [0.4, 0.5) is 0 Å². The Morgan fingerprint density at radius 1 is 1.60 bits per heavy atom. The summed E-state index contributed by atoms with van der Waals surface area (Å²) in [7, 11) is 1.72. The Morgan fingerprint density at radius 2 is 2.30 bits per heavy atom. The lowest BCUT2D eigenvalue weighted by Crippen LogP contribution is -1.85. The largest absolute Gasteiger partial charge is 0.381 e. The van der Waals surface area contributed by atoms with Crippen molar-refractivity contribution in [3.05, 3.63) is 11.6 Å². The second kappa shape index (κ2) is 7.29. The van der Waals surface area contributed by atoms with Crippen LogP contribution in [0.25, 0.3) is 0 Å². The number of alkyl halides is 1. The highest BCUT2D eigenvalue weighted by molar-refractivity contribution is 9.09. The normalized spacial score (nSPS) is 12.1. The molecule has 0 aromatic rings. The summed E-state index contributed by atoms with van der Waals surface area (Å²) in [6.45, 7) is 2.88. The molecule has 0 spiro atoms. The summed E-state index contributed by atoms with van der Waals surface area (Å²) in [6, 6.07) is 0. The van der Waals surface area contributed by atoms with Gasteiger partial charge in [0.2, 0.25) is 0 Å². The van der Waals surface area contributed by atoms with Crippen LogP contribution in [0, 0.1) is 0 Å². The average molecular weight is 207 g/mol. The molecule has 2 heteroatoms. The van der Waals surface area contributed by atoms with Crippen molar-refractivity contribution < 1.29 is 4.74 Å². The van der Waals surface area contributed by atoms with Gasteiger partial charge in [0.25, 0.3) is 0 Å². The summed E-state index contributed by atoms with van der Waals surface area (Å²) in [5.74, 6) is 0. The zero-order valence-electron chi connectivity index (χ0n) is 6.69. The molecule has 0 amide bonds. The average Bonchev–Trinajstić information content (AvgIpc) is 1.97. The Balaban J connectivity index is 3.30. The van der Waals surface area contributed by atoms with Crippen molar-refractivity contribution in [2.45, 2.75) is 19.8 Å². The van der Waals surface area contributed by atoms with Gasteiger partial charge in [-0.1, -0.05) is 27.6 Å². The van der Waals surface area contributed by atoms with Crippen molar-refractivity contribution in [1.82, 2.24) is 0 Å². The molecular weight excluding hydrogens is 192 g/mol. The van der Waals surface area contributed by atoms with E-state index in [4.69, 9.17) is 4.74 Å². The molecule has 0 saturated heterocycles. The Kier molecular flexibility index (Phi) is 7.42. The highest BCUT2D eigenvalue weighted by Crippen LogP contribution is 2.04. The third kappa shape index (κ3) is 6.30. The van der Waals surface area contributed by atoms with E-state index < -0.39 is 0 Å². The van der Waals surface area contributed by atoms with E-state index >= 15 is 0 Å². The van der Waals surface area contributed by atoms with E-state index in [0.29, 0.717) is 0 Å². The van der Waals surface area contributed by atoms with Crippen LogP contribution >= 0.6 is 15.9 Å². The lowest BCUT2D eigenvalue weighted by Gasteiger charge is -1.97. The Bertz CT molecular complexity index is 99.4. The van der Waals surface area contributed by atoms with Crippen molar-refractivity contribution in [3.63, 3.8) is 0 Å². The van der Waals surface area contributed by atoms with Gasteiger partial charge in [0, 0.05) is 12.4 Å². The van der Waals surface area contributed by atoms with E-state index in [1.807, 2.05) is 0 Å². The van der Waals surface area contributed by atoms with Gasteiger partial charge in [0.1, 0.15) is 0 Å². The zero-order chi connectivity index (χ0) is 7.82. The van der Waals surface area contributed by atoms with Gasteiger partial charge in [-0.15, -0.1) is 0 Å². The number of halogens is 1. The first-order chi connectivity index (χ1) is 4.81. The lowest BCUT2D eigenvalue weighted by atomic mass is 10.2. The van der Waals surface area contributed by atoms with Crippen LogP contribution < -0.4 is 0 Å². The SMILES string of the molecule is COC/C=C(\C)CCCBr. The molecule has 0 N–H and O–H groups in total. The van der Waals surface area contributed by atoms with Gasteiger partial charge in [-0.2, -0.15) is 0 Å². The minimum atomic E-state index is 0.744. The van der Waals surface area contributed by atoms with Gasteiger partial charge in [-0.05, 0) is 19.8 Å². The first-order valence-corrected chi connectivity index (χ1v) is 4.64. The van der Waals surface area contributed by atoms with E-state index in [9.17, 15) is 0 Å². The predicted octanol–water partition coefficient (Wildman–Crippen LogP) is 2.75. The molecule has 0 bridgehead atoms. The van der Waals surface area contributed by atoms with Crippen molar-refractivity contribution in [2.75, 3.05) is 19.0 Å². The predicted molar refractivity (Wildman–Crippen MR) is 48.7 cm³/mol. The number of allylic oxidation sites excluding steroid dienone is 1. The van der Waals surface area contributed by atoms with Crippen LogP contribution in [0.2, 0.25) is 0 Å². The second-order valence-corrected chi connectivity index (χ2v) is 3.09. The molecule has 0 aromatic heterocycles. The first-order valence-electron chi connectivity index (χ1n) is 3.51. The fourth-order valence-corrected chi connectivity index (χ4v) is 0.954. The van der Waals surface area contributed by atoms with Gasteiger partial charge in [0.05, 0.1) is 6.61 Å². The van der Waals surface area contributed by atoms with Crippen molar-refractivity contribution in [2.24, 2.45) is 0 Å². The van der Waals surface area contributed by atoms with E-state index in [1.54, 1.807) is 7.11 Å². The maximum absolute atomic E-state index is 4.90. The fourth-order valence-electron chi connectivity index (χ4n) is 0.673. The molecule has 1 nitrogen and oxygen atoms in total. The molecule has 10 heavy (non-hydrogen) atoms. The molecule has 0 atom stereocenters. The number of hydrogen-bond acceptors (Lipinski definition) is 1. The van der Waals surface area contributed by atoms with Gasteiger partial charge >= 0.3 is 0 Å². The van der Waals surface area contributed by atoms with E-state index in [-0.39, 0.29) is 0 Å². The maximum Gasteiger partial charge on any atom is 0.0646 e. The summed E-state index contributed by atoms with van der Waals surface area (Å²) < 4.78 is 4.90. The number of ether oxygens (including phenoxy) is 1. The van der Waals surface area contributed by atoms with E-state index in [2.05, 4.69) is 28.9 Å². The van der Waals surface area contributed by atoms with Gasteiger partial charge in [-0.25, -0.2) is 0 Å². The monoisotopic (exact) mass is 206 g/mol. The number of methoxy groups -OCH3 is 1. The summed E-state index contributed by atoms with van der Waals surface area (Å²) >= 11 is 3.39. The van der Waals surface area contributed by atoms with Crippen LogP contribution in [0.1, 0.15) is 19.8 Å². The van der Waals surface area contributed by atoms with E-state index in [1.165, 1.54) is 18.4 Å². The number of rotatable bonds is 5. The molecule has 0 aliphatic rings. The molecule has 0 aliphatic heterocycles. The van der Waals surface area contributed by atoms with Crippen molar-refractivity contribution >= 4 is 15.9 Å². The first kappa shape index (κ1) is 10.2. The summed E-state index contributed by atoms with van der Waals surface area (Å²) in [5.41, 5.74) is 1.42. The topological polar surface area (TPSA) is 9.23 Å². The van der Waals surface area contributed by atoms with Crippen molar-refractivity contribution in [1.29, 1.82) is 0 Å². The quantitative estimate of drug-likeness (QED) is 0.497. The molecular formula is C8H15BrO. The highest BCUT2D eigenvalue weighted by Gasteiger charge is 1.87. The second-order valence-electron chi connectivity index (χ2n) is 2.30. The Morgan fingerprint density at radius 3 is 2.80 bits per heavy atom. The third-order valence-corrected chi connectivity index (χ3v) is 1.86. The number of hydrogen-bond donors (Lipinski definition) is 0. The summed E-state index contributed by atoms with van der Waals surface area (Å²) in [6.07, 6.45) is 4.52. The van der Waals surface area contributed by atoms with Crippen LogP contribution in [-0.4, -0.2) is 19.0 Å². The summed E-state index contributed by atoms with van der Waals surface area (Å²) in [5, 5.41) is 1.09. The van der Waals surface area contributed by atoms with Crippen LogP contribution in [0.5, 0.6) is 0 Å².